The van der Waals surface area contributed by atoms with E-state index >= 15 is 0 Å². The second-order valence-corrected chi connectivity index (χ2v) is 5.28. The van der Waals surface area contributed by atoms with Crippen LogP contribution in [0.4, 0.5) is 0 Å². The van der Waals surface area contributed by atoms with Crippen LogP contribution in [0.15, 0.2) is 30.3 Å². The monoisotopic (exact) mass is 247 g/mol. The summed E-state index contributed by atoms with van der Waals surface area (Å²) in [4.78, 5) is 2.45. The van der Waals surface area contributed by atoms with Gasteiger partial charge >= 0.3 is 0 Å². The summed E-state index contributed by atoms with van der Waals surface area (Å²) in [6, 6.07) is 11.2. The van der Waals surface area contributed by atoms with Crippen molar-refractivity contribution in [3.8, 4) is 0 Å². The second-order valence-electron chi connectivity index (χ2n) is 5.28. The first-order chi connectivity index (χ1) is 8.81. The Kier molecular flexibility index (Phi) is 5.21. The molecule has 0 spiro atoms. The van der Waals surface area contributed by atoms with Gasteiger partial charge < -0.3 is 4.74 Å². The Morgan fingerprint density at radius 1 is 1.28 bits per heavy atom. The molecule has 2 rings (SSSR count). The summed E-state index contributed by atoms with van der Waals surface area (Å²) >= 11 is 0. The summed E-state index contributed by atoms with van der Waals surface area (Å²) in [7, 11) is 2.22. The molecule has 0 aromatic heterocycles. The molecule has 100 valence electrons. The highest BCUT2D eigenvalue weighted by Gasteiger charge is 2.26. The van der Waals surface area contributed by atoms with Crippen molar-refractivity contribution in [3.05, 3.63) is 35.9 Å². The molecular formula is C16H25NO. The summed E-state index contributed by atoms with van der Waals surface area (Å²) in [5.74, 6) is 0. The number of hydrogen-bond donors (Lipinski definition) is 0. The fourth-order valence-electron chi connectivity index (χ4n) is 2.92. The lowest BCUT2D eigenvalue weighted by Gasteiger charge is -2.36. The van der Waals surface area contributed by atoms with Gasteiger partial charge in [-0.05, 0) is 38.3 Å². The predicted molar refractivity (Wildman–Crippen MR) is 75.6 cm³/mol. The van der Waals surface area contributed by atoms with E-state index in [0.29, 0.717) is 12.1 Å². The Morgan fingerprint density at radius 3 is 2.67 bits per heavy atom. The minimum atomic E-state index is 0.428. The highest BCUT2D eigenvalue weighted by Crippen LogP contribution is 2.22. The molecule has 1 saturated heterocycles. The number of benzene rings is 1. The van der Waals surface area contributed by atoms with Crippen LogP contribution in [0.3, 0.4) is 0 Å². The fourth-order valence-corrected chi connectivity index (χ4v) is 2.92. The third-order valence-corrected chi connectivity index (χ3v) is 3.90. The highest BCUT2D eigenvalue weighted by molar-refractivity contribution is 5.14. The molecule has 18 heavy (non-hydrogen) atoms. The maximum Gasteiger partial charge on any atom is 0.0730 e. The van der Waals surface area contributed by atoms with Gasteiger partial charge in [-0.3, -0.25) is 4.90 Å². The smallest absolute Gasteiger partial charge is 0.0730 e. The van der Waals surface area contributed by atoms with Crippen molar-refractivity contribution in [2.24, 2.45) is 0 Å². The van der Waals surface area contributed by atoms with Gasteiger partial charge in [-0.15, -0.1) is 0 Å². The van der Waals surface area contributed by atoms with Gasteiger partial charge in [-0.2, -0.15) is 0 Å². The van der Waals surface area contributed by atoms with Crippen LogP contribution in [0.25, 0.3) is 0 Å². The van der Waals surface area contributed by atoms with E-state index < -0.39 is 0 Å². The van der Waals surface area contributed by atoms with Crippen molar-refractivity contribution in [3.63, 3.8) is 0 Å². The lowest BCUT2D eigenvalue weighted by atomic mass is 9.98. The molecule has 0 bridgehead atoms. The lowest BCUT2D eigenvalue weighted by molar-refractivity contribution is -0.0389. The maximum atomic E-state index is 5.95. The molecule has 1 aromatic carbocycles. The number of hydrogen-bond acceptors (Lipinski definition) is 2. The highest BCUT2D eigenvalue weighted by atomic mass is 16.5. The normalized spacial score (nSPS) is 22.1. The molecule has 0 radical (unpaired) electrons. The first-order valence-electron chi connectivity index (χ1n) is 7.17. The van der Waals surface area contributed by atoms with Gasteiger partial charge in [0.05, 0.1) is 6.10 Å². The van der Waals surface area contributed by atoms with Crippen LogP contribution in [0.2, 0.25) is 0 Å². The van der Waals surface area contributed by atoms with E-state index in [9.17, 15) is 0 Å². The van der Waals surface area contributed by atoms with Crippen molar-refractivity contribution < 1.29 is 4.74 Å². The molecule has 1 aliphatic heterocycles. The molecule has 0 aliphatic carbocycles. The van der Waals surface area contributed by atoms with Gasteiger partial charge in [0, 0.05) is 19.2 Å². The molecule has 2 atom stereocenters. The van der Waals surface area contributed by atoms with Gasteiger partial charge in [0.1, 0.15) is 0 Å². The zero-order valence-corrected chi connectivity index (χ0v) is 11.6. The number of rotatable bonds is 5. The molecule has 1 aromatic rings. The van der Waals surface area contributed by atoms with Crippen LogP contribution >= 0.6 is 0 Å². The van der Waals surface area contributed by atoms with Crippen LogP contribution in [-0.4, -0.2) is 30.7 Å². The van der Waals surface area contributed by atoms with E-state index in [0.717, 1.165) is 19.6 Å². The fraction of sp³-hybridized carbons (Fsp3) is 0.625. The van der Waals surface area contributed by atoms with Crippen LogP contribution < -0.4 is 0 Å². The quantitative estimate of drug-likeness (QED) is 0.790. The largest absolute Gasteiger partial charge is 0.377 e. The first-order valence-corrected chi connectivity index (χ1v) is 7.17. The minimum Gasteiger partial charge on any atom is -0.377 e. The molecule has 1 fully saturated rings. The average Bonchev–Trinajstić information content (AvgIpc) is 2.42. The Hall–Kier alpha value is -0.860. The van der Waals surface area contributed by atoms with E-state index in [4.69, 9.17) is 4.74 Å². The van der Waals surface area contributed by atoms with E-state index in [1.54, 1.807) is 0 Å². The average molecular weight is 247 g/mol. The van der Waals surface area contributed by atoms with Crippen molar-refractivity contribution in [2.45, 2.75) is 51.3 Å². The summed E-state index contributed by atoms with van der Waals surface area (Å²) < 4.78 is 5.95. The molecule has 2 nitrogen and oxygen atoms in total. The van der Waals surface area contributed by atoms with Crippen LogP contribution in [0, 0.1) is 0 Å². The van der Waals surface area contributed by atoms with Crippen LogP contribution in [0.1, 0.15) is 38.2 Å². The molecule has 1 heterocycles. The van der Waals surface area contributed by atoms with Crippen molar-refractivity contribution in [1.82, 2.24) is 4.90 Å². The zero-order chi connectivity index (χ0) is 12.8. The Morgan fingerprint density at radius 2 is 2.06 bits per heavy atom. The number of likely N-dealkylation sites (N-methyl/N-ethyl adjacent to an activating group) is 1. The number of ether oxygens (including phenoxy) is 1. The minimum absolute atomic E-state index is 0.428. The van der Waals surface area contributed by atoms with Gasteiger partial charge in [0.2, 0.25) is 0 Å². The topological polar surface area (TPSA) is 12.5 Å². The second kappa shape index (κ2) is 6.91. The zero-order valence-electron chi connectivity index (χ0n) is 11.6. The summed E-state index contributed by atoms with van der Waals surface area (Å²) in [6.07, 6.45) is 5.36. The van der Waals surface area contributed by atoms with Gasteiger partial charge in [-0.25, -0.2) is 0 Å². The summed E-state index contributed by atoms with van der Waals surface area (Å²) in [6.45, 7) is 4.23. The van der Waals surface area contributed by atoms with Gasteiger partial charge in [-0.1, -0.05) is 37.3 Å². The molecule has 0 unspecified atom stereocenters. The van der Waals surface area contributed by atoms with Gasteiger partial charge in [0.15, 0.2) is 0 Å². The third kappa shape index (κ3) is 3.56. The van der Waals surface area contributed by atoms with Crippen LogP contribution in [0.5, 0.6) is 0 Å². The first kappa shape index (κ1) is 13.6. The standard InChI is InChI=1S/C16H25NO/c1-3-15(16-11-7-8-12-18-16)17(2)13-14-9-5-4-6-10-14/h4-6,9-10,15-16H,3,7-8,11-13H2,1-2H3/t15-,16+/m1/s1. The molecule has 0 N–H and O–H groups in total. The maximum absolute atomic E-state index is 5.95. The molecule has 2 heteroatoms. The van der Waals surface area contributed by atoms with Crippen molar-refractivity contribution in [2.75, 3.05) is 13.7 Å². The van der Waals surface area contributed by atoms with Gasteiger partial charge in [0.25, 0.3) is 0 Å². The Labute approximate surface area is 111 Å². The summed E-state index contributed by atoms with van der Waals surface area (Å²) in [5, 5.41) is 0. The van der Waals surface area contributed by atoms with E-state index in [1.165, 1.54) is 24.8 Å². The summed E-state index contributed by atoms with van der Waals surface area (Å²) in [5.41, 5.74) is 1.38. The Bertz CT molecular complexity index is 332. The Balaban J connectivity index is 1.94. The van der Waals surface area contributed by atoms with E-state index in [1.807, 2.05) is 0 Å². The van der Waals surface area contributed by atoms with Crippen molar-refractivity contribution in [1.29, 1.82) is 0 Å². The predicted octanol–water partition coefficient (Wildman–Crippen LogP) is 3.47. The van der Waals surface area contributed by atoms with E-state index in [2.05, 4.69) is 49.2 Å². The SMILES string of the molecule is CC[C@H]([C@@H]1CCCCO1)N(C)Cc1ccccc1. The lowest BCUT2D eigenvalue weighted by Crippen LogP contribution is -2.43. The molecule has 0 saturated carbocycles. The van der Waals surface area contributed by atoms with Crippen molar-refractivity contribution >= 4 is 0 Å². The van der Waals surface area contributed by atoms with E-state index in [-0.39, 0.29) is 0 Å². The number of nitrogens with zero attached hydrogens (tertiary/aromatic N) is 1. The molecule has 1 aliphatic rings. The third-order valence-electron chi connectivity index (χ3n) is 3.90. The molecular weight excluding hydrogens is 222 g/mol. The molecule has 0 amide bonds. The van der Waals surface area contributed by atoms with Crippen LogP contribution in [-0.2, 0) is 11.3 Å².